The van der Waals surface area contributed by atoms with Gasteiger partial charge in [0.1, 0.15) is 6.10 Å². The molecule has 1 fully saturated rings. The quantitative estimate of drug-likeness (QED) is 0.640. The Morgan fingerprint density at radius 2 is 1.48 bits per heavy atom. The highest BCUT2D eigenvalue weighted by molar-refractivity contribution is 5.73. The van der Waals surface area contributed by atoms with Crippen molar-refractivity contribution in [3.05, 3.63) is 60.2 Å². The fourth-order valence-electron chi connectivity index (χ4n) is 3.09. The Labute approximate surface area is 144 Å². The van der Waals surface area contributed by atoms with Gasteiger partial charge in [-0.1, -0.05) is 61.0 Å². The van der Waals surface area contributed by atoms with Crippen molar-refractivity contribution in [2.24, 2.45) is 0 Å². The van der Waals surface area contributed by atoms with E-state index in [1.54, 1.807) is 0 Å². The zero-order valence-electron chi connectivity index (χ0n) is 13.4. The maximum atomic E-state index is 6.08. The van der Waals surface area contributed by atoms with Crippen molar-refractivity contribution >= 4 is 5.90 Å². The maximum absolute atomic E-state index is 6.08. The van der Waals surface area contributed by atoms with Gasteiger partial charge in [0.2, 0.25) is 0 Å². The summed E-state index contributed by atoms with van der Waals surface area (Å²) in [5, 5.41) is 6.08. The van der Waals surface area contributed by atoms with Crippen LogP contribution in [0.25, 0.3) is 11.1 Å². The molecule has 2 aromatic carbocycles. The highest BCUT2D eigenvalue weighted by Crippen LogP contribution is 2.21. The van der Waals surface area contributed by atoms with Crippen LogP contribution in [0, 0.1) is 0 Å². The van der Waals surface area contributed by atoms with Crippen molar-refractivity contribution in [1.29, 1.82) is 0 Å². The van der Waals surface area contributed by atoms with Gasteiger partial charge in [0.25, 0.3) is 0 Å². The molecule has 0 unspecified atom stereocenters. The lowest BCUT2D eigenvalue weighted by atomic mass is 9.98. The Bertz CT molecular complexity index is 603. The first-order chi connectivity index (χ1) is 10.8. The highest BCUT2D eigenvalue weighted by atomic mass is 35.5. The molecule has 3 heteroatoms. The molecule has 0 bridgehead atoms. The molecule has 0 atom stereocenters. The second-order valence-electron chi connectivity index (χ2n) is 6.08. The van der Waals surface area contributed by atoms with E-state index in [1.807, 2.05) is 6.07 Å². The minimum Gasteiger partial charge on any atom is -1.00 e. The summed E-state index contributed by atoms with van der Waals surface area (Å²) in [6.45, 7) is 0. The van der Waals surface area contributed by atoms with Gasteiger partial charge in [-0.3, -0.25) is 0 Å². The zero-order chi connectivity index (χ0) is 15.2. The molecule has 1 aliphatic carbocycles. The molecular weight excluding hydrogens is 306 g/mol. The molecule has 2 nitrogen and oxygen atoms in total. The summed E-state index contributed by atoms with van der Waals surface area (Å²) in [6, 6.07) is 19.0. The predicted octanol–water partition coefficient (Wildman–Crippen LogP) is 0.407. The van der Waals surface area contributed by atoms with Gasteiger partial charge >= 0.3 is 5.90 Å². The van der Waals surface area contributed by atoms with Crippen LogP contribution in [-0.4, -0.2) is 12.0 Å². The topological polar surface area (TPSA) is 34.8 Å². The van der Waals surface area contributed by atoms with Crippen LogP contribution < -0.4 is 17.8 Å². The van der Waals surface area contributed by atoms with Crippen molar-refractivity contribution in [2.75, 3.05) is 0 Å². The van der Waals surface area contributed by atoms with Crippen molar-refractivity contribution in [1.82, 2.24) is 0 Å². The van der Waals surface area contributed by atoms with E-state index in [2.05, 4.69) is 48.5 Å². The predicted molar refractivity (Wildman–Crippen MR) is 90.5 cm³/mol. The summed E-state index contributed by atoms with van der Waals surface area (Å²) in [4.78, 5) is 0. The number of nitrogens with two attached hydrogens (primary N) is 1. The molecule has 122 valence electrons. The summed E-state index contributed by atoms with van der Waals surface area (Å²) in [5.74, 6) is 0.652. The molecule has 0 aromatic heterocycles. The van der Waals surface area contributed by atoms with Crippen molar-refractivity contribution in [3.8, 4) is 11.1 Å². The lowest BCUT2D eigenvalue weighted by Gasteiger charge is -2.21. The summed E-state index contributed by atoms with van der Waals surface area (Å²) < 4.78 is 5.90. The Morgan fingerprint density at radius 1 is 0.870 bits per heavy atom. The number of benzene rings is 2. The smallest absolute Gasteiger partial charge is 0.337 e. The summed E-state index contributed by atoms with van der Waals surface area (Å²) in [7, 11) is 0. The molecule has 1 saturated carbocycles. The second-order valence-corrected chi connectivity index (χ2v) is 6.08. The van der Waals surface area contributed by atoms with Crippen LogP contribution in [-0.2, 0) is 11.2 Å². The molecule has 0 radical (unpaired) electrons. The first-order valence-corrected chi connectivity index (χ1v) is 8.23. The minimum atomic E-state index is 0. The number of rotatable bonds is 4. The average molecular weight is 330 g/mol. The largest absolute Gasteiger partial charge is 1.00 e. The third-order valence-corrected chi connectivity index (χ3v) is 4.31. The molecule has 0 aliphatic heterocycles. The molecule has 2 N–H and O–H groups in total. The van der Waals surface area contributed by atoms with E-state index in [-0.39, 0.29) is 12.4 Å². The fraction of sp³-hybridized carbons (Fsp3) is 0.350. The Hall–Kier alpha value is -1.80. The van der Waals surface area contributed by atoms with E-state index < -0.39 is 0 Å². The van der Waals surface area contributed by atoms with E-state index >= 15 is 0 Å². The van der Waals surface area contributed by atoms with Crippen LogP contribution in [0.3, 0.4) is 0 Å². The van der Waals surface area contributed by atoms with Crippen LogP contribution in [0.1, 0.15) is 37.7 Å². The normalized spacial score (nSPS) is 14.8. The van der Waals surface area contributed by atoms with E-state index in [0.29, 0.717) is 18.4 Å². The van der Waals surface area contributed by atoms with Gasteiger partial charge in [-0.15, -0.1) is 0 Å². The van der Waals surface area contributed by atoms with Crippen molar-refractivity contribution in [2.45, 2.75) is 44.6 Å². The zero-order valence-corrected chi connectivity index (χ0v) is 14.1. The maximum Gasteiger partial charge on any atom is 0.337 e. The molecular formula is C20H24ClNO. The summed E-state index contributed by atoms with van der Waals surface area (Å²) in [5.41, 5.74) is 3.67. The summed E-state index contributed by atoms with van der Waals surface area (Å²) in [6.07, 6.45) is 7.19. The second kappa shape index (κ2) is 8.73. The van der Waals surface area contributed by atoms with Gasteiger partial charge in [0, 0.05) is 0 Å². The first-order valence-electron chi connectivity index (χ1n) is 8.23. The van der Waals surface area contributed by atoms with E-state index in [0.717, 1.165) is 12.8 Å². The molecule has 3 rings (SSSR count). The van der Waals surface area contributed by atoms with Crippen LogP contribution in [0.2, 0.25) is 0 Å². The van der Waals surface area contributed by atoms with Gasteiger partial charge in [-0.25, -0.2) is 5.41 Å². The van der Waals surface area contributed by atoms with Crippen molar-refractivity contribution < 1.29 is 22.6 Å². The third kappa shape index (κ3) is 5.11. The van der Waals surface area contributed by atoms with Crippen LogP contribution >= 0.6 is 0 Å². The highest BCUT2D eigenvalue weighted by Gasteiger charge is 2.18. The van der Waals surface area contributed by atoms with Crippen LogP contribution in [0.15, 0.2) is 54.6 Å². The summed E-state index contributed by atoms with van der Waals surface area (Å²) >= 11 is 0. The van der Waals surface area contributed by atoms with E-state index in [1.165, 1.54) is 36.0 Å². The Morgan fingerprint density at radius 3 is 2.13 bits per heavy atom. The number of ether oxygens (including phenoxy) is 1. The lowest BCUT2D eigenvalue weighted by Crippen LogP contribution is -3.00. The fourth-order valence-corrected chi connectivity index (χ4v) is 3.09. The number of halogens is 1. The standard InChI is InChI=1S/C20H23NO.ClH/c21-20(22-19-9-5-2-6-10-19)15-16-11-13-18(14-12-16)17-7-3-1-4-8-17;/h1,3-4,7-8,11-14,19,21H,2,5-6,9-10,15H2;1H. The Kier molecular flexibility index (Phi) is 6.66. The van der Waals surface area contributed by atoms with Crippen LogP contribution in [0.5, 0.6) is 0 Å². The molecule has 23 heavy (non-hydrogen) atoms. The molecule has 0 heterocycles. The van der Waals surface area contributed by atoms with Gasteiger partial charge in [0.15, 0.2) is 0 Å². The number of hydrogen-bond donors (Lipinski definition) is 1. The molecule has 1 aliphatic rings. The monoisotopic (exact) mass is 329 g/mol. The average Bonchev–Trinajstić information content (AvgIpc) is 2.57. The molecule has 0 saturated heterocycles. The van der Waals surface area contributed by atoms with E-state index in [9.17, 15) is 0 Å². The Balaban J connectivity index is 0.00000192. The SMILES string of the molecule is [Cl-].[NH2+]=C(Cc1ccc(-c2ccccc2)cc1)OC1CCCCC1. The van der Waals surface area contributed by atoms with Gasteiger partial charge in [-0.05, 0) is 42.4 Å². The third-order valence-electron chi connectivity index (χ3n) is 4.31. The first kappa shape index (κ1) is 17.6. The van der Waals surface area contributed by atoms with Gasteiger partial charge in [0.05, 0.1) is 6.42 Å². The lowest BCUT2D eigenvalue weighted by molar-refractivity contribution is -0.149. The van der Waals surface area contributed by atoms with Gasteiger partial charge < -0.3 is 17.1 Å². The van der Waals surface area contributed by atoms with E-state index in [4.69, 9.17) is 10.1 Å². The number of hydrogen-bond acceptors (Lipinski definition) is 1. The molecule has 0 spiro atoms. The molecule has 0 amide bonds. The van der Waals surface area contributed by atoms with Gasteiger partial charge in [-0.2, -0.15) is 0 Å². The van der Waals surface area contributed by atoms with Crippen molar-refractivity contribution in [3.63, 3.8) is 0 Å². The van der Waals surface area contributed by atoms with Crippen LogP contribution in [0.4, 0.5) is 0 Å². The minimum absolute atomic E-state index is 0. The molecule has 2 aromatic rings.